The van der Waals surface area contributed by atoms with E-state index in [1.807, 2.05) is 0 Å². The number of carbonyl (C=O) groups is 1. The third-order valence-electron chi connectivity index (χ3n) is 3.73. The minimum Gasteiger partial charge on any atom is -0.391 e. The number of hydrogen-bond acceptors (Lipinski definition) is 4. The van der Waals surface area contributed by atoms with Crippen LogP contribution in [0.1, 0.15) is 28.5 Å². The monoisotopic (exact) mass is 339 g/mol. The standard InChI is InChI=1S/C15H12ClF2N3O2/c16-11-5-19-7-20-14(11)15(23)21-6-9(22)4-13(21)10-3-8(17)1-2-12(10)18/h1-3,5,7,9,13,22H,4,6H2. The summed E-state index contributed by atoms with van der Waals surface area (Å²) in [6.07, 6.45) is 1.71. The lowest BCUT2D eigenvalue weighted by atomic mass is 10.0. The van der Waals surface area contributed by atoms with Crippen molar-refractivity contribution < 1.29 is 18.7 Å². The highest BCUT2D eigenvalue weighted by Crippen LogP contribution is 2.35. The molecule has 0 saturated carbocycles. The molecule has 0 bridgehead atoms. The zero-order valence-electron chi connectivity index (χ0n) is 11.8. The maximum absolute atomic E-state index is 14.0. The van der Waals surface area contributed by atoms with E-state index >= 15 is 0 Å². The molecule has 1 aliphatic rings. The molecule has 1 aromatic carbocycles. The molecule has 0 radical (unpaired) electrons. The molecule has 0 aliphatic carbocycles. The summed E-state index contributed by atoms with van der Waals surface area (Å²) in [5.74, 6) is -1.82. The Bertz CT molecular complexity index is 759. The number of aromatic nitrogens is 2. The number of aliphatic hydroxyl groups excluding tert-OH is 1. The van der Waals surface area contributed by atoms with Crippen molar-refractivity contribution in [3.63, 3.8) is 0 Å². The van der Waals surface area contributed by atoms with Gasteiger partial charge in [-0.3, -0.25) is 4.79 Å². The number of benzene rings is 1. The molecule has 120 valence electrons. The zero-order valence-corrected chi connectivity index (χ0v) is 12.5. The van der Waals surface area contributed by atoms with E-state index in [4.69, 9.17) is 11.6 Å². The van der Waals surface area contributed by atoms with E-state index in [1.54, 1.807) is 0 Å². The van der Waals surface area contributed by atoms with Gasteiger partial charge in [0.15, 0.2) is 0 Å². The molecule has 2 heterocycles. The van der Waals surface area contributed by atoms with E-state index < -0.39 is 29.7 Å². The fourth-order valence-corrected chi connectivity index (χ4v) is 2.90. The summed E-state index contributed by atoms with van der Waals surface area (Å²) in [5.41, 5.74) is -0.0299. The first-order valence-electron chi connectivity index (χ1n) is 6.87. The molecule has 23 heavy (non-hydrogen) atoms. The molecule has 1 N–H and O–H groups in total. The molecule has 1 amide bonds. The van der Waals surface area contributed by atoms with Gasteiger partial charge in [-0.15, -0.1) is 0 Å². The van der Waals surface area contributed by atoms with E-state index in [1.165, 1.54) is 17.4 Å². The highest BCUT2D eigenvalue weighted by atomic mass is 35.5. The van der Waals surface area contributed by atoms with Crippen molar-refractivity contribution in [2.75, 3.05) is 6.54 Å². The maximum Gasteiger partial charge on any atom is 0.274 e. The molecule has 1 fully saturated rings. The molecular formula is C15H12ClF2N3O2. The molecule has 2 atom stereocenters. The lowest BCUT2D eigenvalue weighted by Gasteiger charge is -2.25. The fraction of sp³-hybridized carbons (Fsp3) is 0.267. The first-order chi connectivity index (χ1) is 11.0. The molecular weight excluding hydrogens is 328 g/mol. The summed E-state index contributed by atoms with van der Waals surface area (Å²) in [6.45, 7) is -0.0141. The van der Waals surface area contributed by atoms with E-state index in [9.17, 15) is 18.7 Å². The normalized spacial score (nSPS) is 20.8. The summed E-state index contributed by atoms with van der Waals surface area (Å²) >= 11 is 5.92. The van der Waals surface area contributed by atoms with E-state index in [0.29, 0.717) is 0 Å². The minimum atomic E-state index is -0.841. The summed E-state index contributed by atoms with van der Waals surface area (Å²) < 4.78 is 27.5. The van der Waals surface area contributed by atoms with Crippen LogP contribution in [-0.4, -0.2) is 38.5 Å². The van der Waals surface area contributed by atoms with Crippen LogP contribution in [0, 0.1) is 11.6 Å². The zero-order chi connectivity index (χ0) is 16.6. The number of amides is 1. The third kappa shape index (κ3) is 3.02. The van der Waals surface area contributed by atoms with Gasteiger partial charge >= 0.3 is 0 Å². The van der Waals surface area contributed by atoms with Crippen molar-refractivity contribution in [2.24, 2.45) is 0 Å². The van der Waals surface area contributed by atoms with Crippen molar-refractivity contribution in [3.8, 4) is 0 Å². The largest absolute Gasteiger partial charge is 0.391 e. The summed E-state index contributed by atoms with van der Waals surface area (Å²) in [6, 6.07) is 2.23. The Labute approximate surface area is 135 Å². The topological polar surface area (TPSA) is 66.3 Å². The van der Waals surface area contributed by atoms with E-state index in [2.05, 4.69) is 9.97 Å². The minimum absolute atomic E-state index is 0.0140. The van der Waals surface area contributed by atoms with Crippen LogP contribution < -0.4 is 0 Å². The van der Waals surface area contributed by atoms with Crippen molar-refractivity contribution in [2.45, 2.75) is 18.6 Å². The highest BCUT2D eigenvalue weighted by Gasteiger charge is 2.38. The van der Waals surface area contributed by atoms with E-state index in [0.717, 1.165) is 18.2 Å². The van der Waals surface area contributed by atoms with Gasteiger partial charge < -0.3 is 10.0 Å². The molecule has 3 rings (SSSR count). The molecule has 2 aromatic rings. The van der Waals surface area contributed by atoms with Crippen molar-refractivity contribution >= 4 is 17.5 Å². The first kappa shape index (κ1) is 15.8. The molecule has 1 aromatic heterocycles. The van der Waals surface area contributed by atoms with Gasteiger partial charge in [0.05, 0.1) is 17.2 Å². The molecule has 1 saturated heterocycles. The number of rotatable bonds is 2. The summed E-state index contributed by atoms with van der Waals surface area (Å²) in [4.78, 5) is 21.4. The van der Waals surface area contributed by atoms with Crippen LogP contribution in [0.4, 0.5) is 8.78 Å². The lowest BCUT2D eigenvalue weighted by Crippen LogP contribution is -2.33. The number of hydrogen-bond donors (Lipinski definition) is 1. The second kappa shape index (κ2) is 6.17. The van der Waals surface area contributed by atoms with Crippen LogP contribution in [0.5, 0.6) is 0 Å². The van der Waals surface area contributed by atoms with Crippen molar-refractivity contribution in [3.05, 3.63) is 58.6 Å². The van der Waals surface area contributed by atoms with Gasteiger partial charge in [-0.25, -0.2) is 18.7 Å². The Morgan fingerprint density at radius 1 is 1.39 bits per heavy atom. The molecule has 2 unspecified atom stereocenters. The third-order valence-corrected chi connectivity index (χ3v) is 4.00. The predicted octanol–water partition coefficient (Wildman–Crippen LogP) is 2.36. The second-order valence-electron chi connectivity index (χ2n) is 5.25. The van der Waals surface area contributed by atoms with Gasteiger partial charge in [-0.1, -0.05) is 11.6 Å². The van der Waals surface area contributed by atoms with Crippen LogP contribution >= 0.6 is 11.6 Å². The van der Waals surface area contributed by atoms with Crippen LogP contribution in [0.2, 0.25) is 5.02 Å². The first-order valence-corrected chi connectivity index (χ1v) is 7.24. The Morgan fingerprint density at radius 3 is 2.91 bits per heavy atom. The number of nitrogens with zero attached hydrogens (tertiary/aromatic N) is 3. The average Bonchev–Trinajstić information content (AvgIpc) is 2.91. The lowest BCUT2D eigenvalue weighted by molar-refractivity contribution is 0.0707. The van der Waals surface area contributed by atoms with Crippen molar-refractivity contribution in [1.82, 2.24) is 14.9 Å². The number of halogens is 3. The molecule has 1 aliphatic heterocycles. The Morgan fingerprint density at radius 2 is 2.17 bits per heavy atom. The number of likely N-dealkylation sites (tertiary alicyclic amines) is 1. The van der Waals surface area contributed by atoms with Gasteiger partial charge in [0, 0.05) is 18.3 Å². The van der Waals surface area contributed by atoms with Gasteiger partial charge in [0.25, 0.3) is 5.91 Å². The van der Waals surface area contributed by atoms with Crippen LogP contribution in [-0.2, 0) is 0 Å². The van der Waals surface area contributed by atoms with Crippen LogP contribution in [0.25, 0.3) is 0 Å². The highest BCUT2D eigenvalue weighted by molar-refractivity contribution is 6.33. The SMILES string of the molecule is O=C(c1ncncc1Cl)N1CC(O)CC1c1cc(F)ccc1F. The summed E-state index contributed by atoms with van der Waals surface area (Å²) in [5, 5.41) is 9.93. The smallest absolute Gasteiger partial charge is 0.274 e. The van der Waals surface area contributed by atoms with Gasteiger partial charge in [0.1, 0.15) is 23.7 Å². The Kier molecular flexibility index (Phi) is 4.23. The molecule has 0 spiro atoms. The van der Waals surface area contributed by atoms with Crippen LogP contribution in [0.3, 0.4) is 0 Å². The number of β-amino-alcohol motifs (C(OH)–C–C–N with tert-alkyl or cyclic N) is 1. The summed E-state index contributed by atoms with van der Waals surface area (Å²) in [7, 11) is 0. The number of carbonyl (C=O) groups excluding carboxylic acids is 1. The Hall–Kier alpha value is -2.12. The van der Waals surface area contributed by atoms with Crippen LogP contribution in [0.15, 0.2) is 30.7 Å². The van der Waals surface area contributed by atoms with Gasteiger partial charge in [-0.2, -0.15) is 0 Å². The van der Waals surface area contributed by atoms with Gasteiger partial charge in [0.2, 0.25) is 0 Å². The molecule has 5 nitrogen and oxygen atoms in total. The second-order valence-corrected chi connectivity index (χ2v) is 5.66. The Balaban J connectivity index is 1.99. The fourth-order valence-electron chi connectivity index (χ4n) is 2.71. The molecule has 8 heteroatoms. The quantitative estimate of drug-likeness (QED) is 0.912. The maximum atomic E-state index is 14.0. The predicted molar refractivity (Wildman–Crippen MR) is 77.8 cm³/mol. The number of aliphatic hydroxyl groups is 1. The average molecular weight is 340 g/mol. The van der Waals surface area contributed by atoms with E-state index in [-0.39, 0.29) is 29.2 Å². The van der Waals surface area contributed by atoms with Crippen molar-refractivity contribution in [1.29, 1.82) is 0 Å². The van der Waals surface area contributed by atoms with Gasteiger partial charge in [-0.05, 0) is 24.6 Å².